The van der Waals surface area contributed by atoms with Gasteiger partial charge in [-0.1, -0.05) is 33.4 Å². The number of fused-ring (bicyclic) bond motifs is 8. The lowest BCUT2D eigenvalue weighted by atomic mass is 9.85. The zero-order valence-electron chi connectivity index (χ0n) is 29.1. The number of carbonyl (C=O) groups is 3. The Hall–Kier alpha value is -4.99. The number of amides is 1. The molecule has 0 saturated heterocycles. The Bertz CT molecular complexity index is 2010. The number of methoxy groups -OCH3 is 2. The summed E-state index contributed by atoms with van der Waals surface area (Å²) in [4.78, 5) is 57.4. The number of hydrogen-bond donors (Lipinski definition) is 3. The number of nitrogens with zero attached hydrogens (tertiary/aromatic N) is 2. The van der Waals surface area contributed by atoms with Crippen molar-refractivity contribution in [2.24, 2.45) is 0 Å². The molecule has 5 rings (SSSR count). The van der Waals surface area contributed by atoms with Crippen molar-refractivity contribution in [1.29, 1.82) is 0 Å². The Labute approximate surface area is 281 Å². The summed E-state index contributed by atoms with van der Waals surface area (Å²) in [5, 5.41) is 3.01. The van der Waals surface area contributed by atoms with E-state index in [0.29, 0.717) is 36.3 Å². The highest BCUT2D eigenvalue weighted by Crippen LogP contribution is 2.43. The minimum atomic E-state index is -0.597. The minimum absolute atomic E-state index is 0.132. The first-order chi connectivity index (χ1) is 23.0. The molecule has 1 amide bonds. The maximum Gasteiger partial charge on any atom is 0.340 e. The van der Waals surface area contributed by atoms with E-state index in [9.17, 15) is 14.4 Å². The van der Waals surface area contributed by atoms with Crippen molar-refractivity contribution < 1.29 is 23.9 Å². The average molecular weight is 652 g/mol. The van der Waals surface area contributed by atoms with Crippen LogP contribution >= 0.6 is 0 Å². The molecule has 2 atom stereocenters. The summed E-state index contributed by atoms with van der Waals surface area (Å²) in [5.41, 5.74) is 10.7. The molecule has 10 heteroatoms. The molecule has 5 heterocycles. The first kappa shape index (κ1) is 34.3. The lowest BCUT2D eigenvalue weighted by molar-refractivity contribution is -0.140. The van der Waals surface area contributed by atoms with Gasteiger partial charge >= 0.3 is 11.9 Å². The van der Waals surface area contributed by atoms with Crippen molar-refractivity contribution in [3.05, 3.63) is 75.4 Å². The molecule has 0 spiro atoms. The van der Waals surface area contributed by atoms with Crippen molar-refractivity contribution >= 4 is 57.1 Å². The zero-order valence-corrected chi connectivity index (χ0v) is 29.1. The molecule has 0 aromatic carbocycles. The van der Waals surface area contributed by atoms with Gasteiger partial charge in [-0.3, -0.25) is 14.6 Å². The van der Waals surface area contributed by atoms with Crippen LogP contribution in [0.15, 0.2) is 24.8 Å². The second kappa shape index (κ2) is 14.0. The van der Waals surface area contributed by atoms with Crippen LogP contribution in [0.5, 0.6) is 0 Å². The van der Waals surface area contributed by atoms with Crippen LogP contribution in [0.3, 0.4) is 0 Å². The summed E-state index contributed by atoms with van der Waals surface area (Å²) in [6.07, 6.45) is 3.84. The molecule has 2 aliphatic heterocycles. The molecule has 3 N–H and O–H groups in total. The summed E-state index contributed by atoms with van der Waals surface area (Å²) in [5.74, 6) is -1.87. The topological polar surface area (TPSA) is 139 Å². The van der Waals surface area contributed by atoms with E-state index in [-0.39, 0.29) is 41.1 Å². The molecule has 48 heavy (non-hydrogen) atoms. The van der Waals surface area contributed by atoms with Crippen LogP contribution < -0.4 is 5.32 Å². The lowest BCUT2D eigenvalue weighted by Gasteiger charge is -2.18. The van der Waals surface area contributed by atoms with Crippen LogP contribution in [0, 0.1) is 13.8 Å². The van der Waals surface area contributed by atoms with Gasteiger partial charge in [0.1, 0.15) is 0 Å². The summed E-state index contributed by atoms with van der Waals surface area (Å²) in [6, 6.07) is 6.03. The van der Waals surface area contributed by atoms with Crippen molar-refractivity contribution in [3.63, 3.8) is 0 Å². The van der Waals surface area contributed by atoms with E-state index in [1.54, 1.807) is 0 Å². The largest absolute Gasteiger partial charge is 0.469 e. The van der Waals surface area contributed by atoms with Crippen molar-refractivity contribution in [3.8, 4) is 0 Å². The van der Waals surface area contributed by atoms with E-state index in [4.69, 9.17) is 19.4 Å². The number of hydrogen-bond acceptors (Lipinski definition) is 7. The van der Waals surface area contributed by atoms with Gasteiger partial charge in [-0.25, -0.2) is 9.78 Å². The number of esters is 2. The molecule has 252 valence electrons. The number of allylic oxidation sites excluding steroid dienone is 1. The summed E-state index contributed by atoms with van der Waals surface area (Å²) < 4.78 is 10.2. The zero-order chi connectivity index (χ0) is 34.9. The summed E-state index contributed by atoms with van der Waals surface area (Å²) in [6.45, 7) is 16.6. The predicted molar refractivity (Wildman–Crippen MR) is 189 cm³/mol. The second-order valence-corrected chi connectivity index (χ2v) is 12.4. The second-order valence-electron chi connectivity index (χ2n) is 12.4. The highest BCUT2D eigenvalue weighted by atomic mass is 16.5. The lowest BCUT2D eigenvalue weighted by Crippen LogP contribution is -2.27. The van der Waals surface area contributed by atoms with Gasteiger partial charge in [-0.2, -0.15) is 0 Å². The molecule has 3 aromatic heterocycles. The van der Waals surface area contributed by atoms with E-state index < -0.39 is 11.9 Å². The Balaban J connectivity index is 2.03. The third-order valence-electron chi connectivity index (χ3n) is 9.67. The third kappa shape index (κ3) is 6.07. The molecule has 8 bridgehead atoms. The molecule has 3 aromatic rings. The first-order valence-electron chi connectivity index (χ1n) is 16.5. The molecule has 2 aliphatic rings. The van der Waals surface area contributed by atoms with Gasteiger partial charge in [0.2, 0.25) is 0 Å². The highest BCUT2D eigenvalue weighted by molar-refractivity contribution is 6.27. The number of H-pyrrole nitrogens is 2. The van der Waals surface area contributed by atoms with Gasteiger partial charge in [-0.15, -0.1) is 0 Å². The monoisotopic (exact) mass is 651 g/mol. The Morgan fingerprint density at radius 1 is 0.958 bits per heavy atom. The molecule has 0 aliphatic carbocycles. The molecular weight excluding hydrogens is 606 g/mol. The van der Waals surface area contributed by atoms with Crippen LogP contribution in [-0.2, 0) is 25.5 Å². The van der Waals surface area contributed by atoms with Gasteiger partial charge < -0.3 is 24.8 Å². The third-order valence-corrected chi connectivity index (χ3v) is 9.67. The Morgan fingerprint density at radius 3 is 2.31 bits per heavy atom. The maximum absolute atomic E-state index is 14.2. The molecule has 10 nitrogen and oxygen atoms in total. The Morgan fingerprint density at radius 2 is 1.67 bits per heavy atom. The fraction of sp³-hybridized carbons (Fsp3) is 0.395. The normalized spacial score (nSPS) is 15.8. The van der Waals surface area contributed by atoms with Gasteiger partial charge in [0.15, 0.2) is 0 Å². The summed E-state index contributed by atoms with van der Waals surface area (Å²) >= 11 is 0. The number of nitrogens with one attached hydrogen (secondary N) is 3. The number of carbonyl (C=O) groups excluding carboxylic acids is 3. The van der Waals surface area contributed by atoms with E-state index >= 15 is 0 Å². The van der Waals surface area contributed by atoms with Gasteiger partial charge in [0.05, 0.1) is 42.4 Å². The van der Waals surface area contributed by atoms with Crippen LogP contribution in [0.4, 0.5) is 0 Å². The van der Waals surface area contributed by atoms with Crippen LogP contribution in [0.1, 0.15) is 114 Å². The maximum atomic E-state index is 14.2. The number of aryl methyl sites for hydroxylation is 3. The summed E-state index contributed by atoms with van der Waals surface area (Å²) in [7, 11) is 2.68. The van der Waals surface area contributed by atoms with E-state index in [0.717, 1.165) is 56.4 Å². The SMILES string of the molecule is C=Cc1c(C)c2cc3nc(c(C(=O)NCCC)c4nc(cc5[nH]c(cc1[nH]2)c(C)c5CC)C(C)=C4C(=O)OC)[C@@H](CCC(=O)OC)[C@@H]3C. The van der Waals surface area contributed by atoms with E-state index in [1.165, 1.54) is 14.2 Å². The standard InChI is InChI=1S/C38H45N5O5/c1-10-15-39-37(45)34-35-25(13-14-32(44)47-8)21(6)28(42-35)16-26-19(4)23(11-2)30(40-26)17-27-20(5)24(12-3)31(41-27)18-29-22(7)33(36(34)43-29)38(46)48-9/h11,16-18,21,25,40-41H,2,10,12-15H2,1,3-9H3,(H,39,45)/t21-,25-/m0/s1. The smallest absolute Gasteiger partial charge is 0.340 e. The van der Waals surface area contributed by atoms with Crippen molar-refractivity contribution in [2.45, 2.75) is 79.1 Å². The predicted octanol–water partition coefficient (Wildman–Crippen LogP) is 7.22. The Kier molecular flexibility index (Phi) is 10.0. The average Bonchev–Trinajstić information content (AvgIpc) is 3.75. The quantitative estimate of drug-likeness (QED) is 0.208. The fourth-order valence-corrected chi connectivity index (χ4v) is 6.85. The van der Waals surface area contributed by atoms with E-state index in [2.05, 4.69) is 41.8 Å². The molecular formula is C38H45N5O5. The first-order valence-corrected chi connectivity index (χ1v) is 16.5. The minimum Gasteiger partial charge on any atom is -0.469 e. The van der Waals surface area contributed by atoms with Gasteiger partial charge in [0.25, 0.3) is 5.91 Å². The fourth-order valence-electron chi connectivity index (χ4n) is 6.85. The molecule has 0 unspecified atom stereocenters. The molecule has 0 fully saturated rings. The number of ether oxygens (including phenoxy) is 2. The highest BCUT2D eigenvalue weighted by Gasteiger charge is 2.37. The van der Waals surface area contributed by atoms with Gasteiger partial charge in [-0.05, 0) is 80.5 Å². The van der Waals surface area contributed by atoms with Crippen LogP contribution in [0.2, 0.25) is 0 Å². The number of aromatic nitrogens is 4. The van der Waals surface area contributed by atoms with Crippen LogP contribution in [-0.4, -0.2) is 58.5 Å². The molecule has 0 radical (unpaired) electrons. The number of aromatic amines is 2. The van der Waals surface area contributed by atoms with Gasteiger partial charge in [0, 0.05) is 58.1 Å². The number of rotatable bonds is 9. The molecule has 0 saturated carbocycles. The van der Waals surface area contributed by atoms with Crippen molar-refractivity contribution in [2.75, 3.05) is 20.8 Å². The van der Waals surface area contributed by atoms with E-state index in [1.807, 2.05) is 45.9 Å². The van der Waals surface area contributed by atoms with Crippen molar-refractivity contribution in [1.82, 2.24) is 25.3 Å². The van der Waals surface area contributed by atoms with Crippen LogP contribution in [0.25, 0.3) is 39.3 Å².